The van der Waals surface area contributed by atoms with Crippen molar-refractivity contribution in [2.45, 2.75) is 12.5 Å². The summed E-state index contributed by atoms with van der Waals surface area (Å²) in [4.78, 5) is 1.69. The van der Waals surface area contributed by atoms with E-state index in [2.05, 4.69) is 0 Å². The van der Waals surface area contributed by atoms with Gasteiger partial charge in [-0.2, -0.15) is 0 Å². The average Bonchev–Trinajstić information content (AvgIpc) is 2.28. The van der Waals surface area contributed by atoms with Crippen LogP contribution in [0.15, 0.2) is 0 Å². The molecule has 0 aromatic heterocycles. The fourth-order valence-electron chi connectivity index (χ4n) is 1.23. The Morgan fingerprint density at radius 3 is 2.46 bits per heavy atom. The first-order valence-electron chi connectivity index (χ1n) is 3.56. The minimum Gasteiger partial charge on any atom is -0.411 e. The first kappa shape index (κ1) is 13.0. The molecule has 1 aliphatic heterocycles. The molecule has 0 aliphatic carbocycles. The second-order valence-electron chi connectivity index (χ2n) is 2.93. The predicted molar refractivity (Wildman–Crippen MR) is 60.8 cm³/mol. The number of hydrogen-bond donors (Lipinski definition) is 1. The van der Waals surface area contributed by atoms with Crippen molar-refractivity contribution in [2.24, 2.45) is 0 Å². The van der Waals surface area contributed by atoms with Crippen LogP contribution in [0.1, 0.15) is 6.42 Å². The van der Waals surface area contributed by atoms with E-state index in [1.807, 2.05) is 0 Å². The van der Waals surface area contributed by atoms with Crippen LogP contribution in [0.5, 0.6) is 0 Å². The Balaban J connectivity index is 0.00000144. The Kier molecular flexibility index (Phi) is 4.50. The topological polar surface area (TPSA) is 73.9 Å². The van der Waals surface area contributed by atoms with E-state index in [0.29, 0.717) is 10.7 Å². The highest BCUT2D eigenvalue weighted by molar-refractivity contribution is 8.00. The van der Waals surface area contributed by atoms with Gasteiger partial charge in [-0.05, 0) is 6.42 Å². The van der Waals surface area contributed by atoms with Crippen molar-refractivity contribution in [3.8, 4) is 0 Å². The molecule has 1 rings (SSSR count). The summed E-state index contributed by atoms with van der Waals surface area (Å²) in [6.45, 7) is 0. The number of nitrogens with zero attached hydrogens (tertiary/aromatic N) is 1. The van der Waals surface area contributed by atoms with Gasteiger partial charge in [0.05, 0.1) is 11.5 Å². The van der Waals surface area contributed by atoms with Gasteiger partial charge in [-0.15, -0.1) is 0 Å². The summed E-state index contributed by atoms with van der Waals surface area (Å²) in [7, 11) is -1.07. The van der Waals surface area contributed by atoms with E-state index >= 15 is 0 Å². The molecule has 1 aliphatic rings. The number of thiocarbonyl (C=S) groups is 1. The Hall–Kier alpha value is 0.0200. The summed E-state index contributed by atoms with van der Waals surface area (Å²) in [5, 5.41) is 0. The lowest BCUT2D eigenvalue weighted by Crippen LogP contribution is -2.35. The zero-order chi connectivity index (χ0) is 9.35. The van der Waals surface area contributed by atoms with E-state index < -0.39 is 9.84 Å². The number of hydrogen-bond acceptors (Lipinski definition) is 4. The molecule has 4 nitrogen and oxygen atoms in total. The molecule has 0 spiro atoms. The van der Waals surface area contributed by atoms with Crippen LogP contribution in [-0.2, 0) is 22.5 Å². The number of sulfone groups is 1. The zero-order valence-electron chi connectivity index (χ0n) is 7.69. The van der Waals surface area contributed by atoms with Crippen molar-refractivity contribution in [3.05, 3.63) is 0 Å². The molecule has 1 fully saturated rings. The molecule has 1 atom stereocenters. The molecule has 1 saturated heterocycles. The van der Waals surface area contributed by atoms with Crippen molar-refractivity contribution in [2.75, 3.05) is 18.6 Å². The quantitative estimate of drug-likeness (QED) is 0.529. The molecule has 0 radical (unpaired) electrons. The molecular formula is C6H14N2O2S3. The fraction of sp³-hybridized carbons (Fsp3) is 0.833. The molecule has 0 aromatic carbocycles. The summed E-state index contributed by atoms with van der Waals surface area (Å²) < 4.78 is 22.5. The predicted octanol–water partition coefficient (Wildman–Crippen LogP) is 0.313. The molecular weight excluding hydrogens is 228 g/mol. The van der Waals surface area contributed by atoms with Gasteiger partial charge in [0.1, 0.15) is 0 Å². The van der Waals surface area contributed by atoms with E-state index in [1.165, 1.54) is 0 Å². The summed E-state index contributed by atoms with van der Waals surface area (Å²) in [6.07, 6.45) is 0.648. The summed E-state index contributed by atoms with van der Waals surface area (Å²) >= 11 is 9.55. The minimum atomic E-state index is -2.82. The normalized spacial score (nSPS) is 24.8. The van der Waals surface area contributed by atoms with Crippen molar-refractivity contribution < 1.29 is 8.42 Å². The van der Waals surface area contributed by atoms with Crippen molar-refractivity contribution in [1.29, 1.82) is 0 Å². The minimum absolute atomic E-state index is 0. The number of rotatable bonds is 1. The smallest absolute Gasteiger partial charge is 0.152 e. The van der Waals surface area contributed by atoms with Crippen LogP contribution < -0.4 is 6.15 Å². The molecule has 0 bridgehead atoms. The first-order chi connectivity index (χ1) is 5.42. The lowest BCUT2D eigenvalue weighted by molar-refractivity contribution is 0.409. The molecule has 0 saturated carbocycles. The van der Waals surface area contributed by atoms with Gasteiger partial charge in [0.2, 0.25) is 0 Å². The largest absolute Gasteiger partial charge is 0.411 e. The second-order valence-corrected chi connectivity index (χ2v) is 6.19. The lowest BCUT2D eigenvalue weighted by Gasteiger charge is -2.28. The third-order valence-corrected chi connectivity index (χ3v) is 4.37. The highest BCUT2D eigenvalue weighted by Gasteiger charge is 2.29. The third kappa shape index (κ3) is 3.34. The van der Waals surface area contributed by atoms with E-state index in [0.717, 1.165) is 0 Å². The van der Waals surface area contributed by atoms with Gasteiger partial charge >= 0.3 is 0 Å². The van der Waals surface area contributed by atoms with Gasteiger partial charge in [0.25, 0.3) is 0 Å². The van der Waals surface area contributed by atoms with E-state index in [9.17, 15) is 8.42 Å². The fourth-order valence-corrected chi connectivity index (χ4v) is 3.30. The Labute approximate surface area is 89.6 Å². The monoisotopic (exact) mass is 242 g/mol. The van der Waals surface area contributed by atoms with Crippen LogP contribution in [0.2, 0.25) is 0 Å². The average molecular weight is 242 g/mol. The Bertz CT molecular complexity index is 288. The highest BCUT2D eigenvalue weighted by Crippen LogP contribution is 2.16. The van der Waals surface area contributed by atoms with Gasteiger partial charge < -0.3 is 35.9 Å². The maximum absolute atomic E-state index is 11.1. The highest BCUT2D eigenvalue weighted by atomic mass is 32.2. The zero-order valence-corrected chi connectivity index (χ0v) is 10.1. The Morgan fingerprint density at radius 2 is 2.15 bits per heavy atom. The van der Waals surface area contributed by atoms with Gasteiger partial charge in [0, 0.05) is 13.1 Å². The van der Waals surface area contributed by atoms with Crippen molar-refractivity contribution >= 4 is 39.0 Å². The molecule has 0 aromatic rings. The van der Waals surface area contributed by atoms with Crippen LogP contribution in [-0.4, -0.2) is 42.2 Å². The molecule has 1 unspecified atom stereocenters. The SMILES string of the molecule is CN(C(=S)[S-])C1CCS(=O)(=O)C1.[NH4+]. The Morgan fingerprint density at radius 1 is 1.62 bits per heavy atom. The van der Waals surface area contributed by atoms with E-state index in [4.69, 9.17) is 24.8 Å². The summed E-state index contributed by atoms with van der Waals surface area (Å²) in [5.74, 6) is 0.459. The van der Waals surface area contributed by atoms with E-state index in [-0.39, 0.29) is 23.7 Å². The molecule has 1 heterocycles. The lowest BCUT2D eigenvalue weighted by atomic mass is 10.2. The van der Waals surface area contributed by atoms with Crippen molar-refractivity contribution in [3.63, 3.8) is 0 Å². The summed E-state index contributed by atoms with van der Waals surface area (Å²) in [6, 6.07) is -0.000000000000000222. The number of quaternary nitrogens is 1. The summed E-state index contributed by atoms with van der Waals surface area (Å²) in [5.41, 5.74) is 0. The second kappa shape index (κ2) is 4.50. The first-order valence-corrected chi connectivity index (χ1v) is 6.20. The van der Waals surface area contributed by atoms with Gasteiger partial charge in [-0.3, -0.25) is 0 Å². The molecule has 4 N–H and O–H groups in total. The van der Waals surface area contributed by atoms with Gasteiger partial charge in [-0.1, -0.05) is 4.32 Å². The molecule has 0 amide bonds. The van der Waals surface area contributed by atoms with E-state index in [1.54, 1.807) is 11.9 Å². The van der Waals surface area contributed by atoms with Crippen LogP contribution in [0.25, 0.3) is 0 Å². The van der Waals surface area contributed by atoms with Crippen LogP contribution in [0, 0.1) is 0 Å². The maximum atomic E-state index is 11.1. The standard InChI is InChI=1S/C6H11NO2S3.H3N/c1-7(6(10)11)5-2-3-12(8,9)4-5;/h5H,2-4H2,1H3,(H,10,11);1H3. The molecule has 13 heavy (non-hydrogen) atoms. The third-order valence-electron chi connectivity index (χ3n) is 2.04. The van der Waals surface area contributed by atoms with Crippen LogP contribution >= 0.6 is 12.2 Å². The van der Waals surface area contributed by atoms with Gasteiger partial charge in [-0.25, -0.2) is 8.42 Å². The molecule has 7 heteroatoms. The van der Waals surface area contributed by atoms with Crippen LogP contribution in [0.4, 0.5) is 0 Å². The molecule has 78 valence electrons. The van der Waals surface area contributed by atoms with Crippen molar-refractivity contribution in [1.82, 2.24) is 11.1 Å². The van der Waals surface area contributed by atoms with Gasteiger partial charge in [0.15, 0.2) is 9.84 Å². The maximum Gasteiger partial charge on any atom is 0.152 e. The van der Waals surface area contributed by atoms with Crippen LogP contribution in [0.3, 0.4) is 0 Å².